The Morgan fingerprint density at radius 2 is 2.22 bits per heavy atom. The monoisotopic (exact) mass is 270 g/mol. The zero-order valence-electron chi connectivity index (χ0n) is 11.3. The Bertz CT molecular complexity index is 396. The van der Waals surface area contributed by atoms with Crippen molar-refractivity contribution in [1.29, 1.82) is 0 Å². The Labute approximate surface area is 112 Å². The molecule has 1 rings (SSSR count). The maximum absolute atomic E-state index is 11.1. The summed E-state index contributed by atoms with van der Waals surface area (Å²) in [7, 11) is 0. The minimum atomic E-state index is -0.754. The van der Waals surface area contributed by atoms with Crippen LogP contribution in [-0.4, -0.2) is 22.6 Å². The fraction of sp³-hybridized carbons (Fsp3) is 0.692. The first-order chi connectivity index (χ1) is 8.34. The van der Waals surface area contributed by atoms with E-state index in [-0.39, 0.29) is 11.3 Å². The van der Waals surface area contributed by atoms with Crippen molar-refractivity contribution in [2.24, 2.45) is 11.7 Å². The topological polar surface area (TPSA) is 76.2 Å². The number of carboxylic acid groups (broad SMARTS) is 1. The molecule has 1 heterocycles. The molecule has 0 aromatic carbocycles. The lowest BCUT2D eigenvalue weighted by Crippen LogP contribution is -2.18. The highest BCUT2D eigenvalue weighted by atomic mass is 32.1. The van der Waals surface area contributed by atoms with Crippen LogP contribution in [-0.2, 0) is 16.6 Å². The van der Waals surface area contributed by atoms with E-state index in [0.29, 0.717) is 19.4 Å². The number of carboxylic acids is 1. The van der Waals surface area contributed by atoms with Gasteiger partial charge < -0.3 is 10.8 Å². The van der Waals surface area contributed by atoms with Crippen LogP contribution in [0.25, 0.3) is 0 Å². The van der Waals surface area contributed by atoms with Crippen molar-refractivity contribution in [2.45, 2.75) is 45.4 Å². The number of aliphatic carboxylic acids is 1. The normalized spacial score (nSPS) is 13.6. The van der Waals surface area contributed by atoms with E-state index in [0.717, 1.165) is 17.1 Å². The molecule has 102 valence electrons. The quantitative estimate of drug-likeness (QED) is 0.832. The zero-order chi connectivity index (χ0) is 13.8. The molecule has 1 atom stereocenters. The van der Waals surface area contributed by atoms with Crippen LogP contribution in [0.4, 0.5) is 0 Å². The van der Waals surface area contributed by atoms with Gasteiger partial charge in [0.2, 0.25) is 0 Å². The molecule has 0 saturated carbocycles. The molecular weight excluding hydrogens is 248 g/mol. The molecule has 4 nitrogen and oxygen atoms in total. The van der Waals surface area contributed by atoms with Crippen LogP contribution in [0.2, 0.25) is 0 Å². The van der Waals surface area contributed by atoms with E-state index in [1.54, 1.807) is 11.3 Å². The predicted molar refractivity (Wildman–Crippen MR) is 73.9 cm³/mol. The summed E-state index contributed by atoms with van der Waals surface area (Å²) < 4.78 is 0. The summed E-state index contributed by atoms with van der Waals surface area (Å²) in [6.45, 7) is 6.85. The van der Waals surface area contributed by atoms with E-state index in [2.05, 4.69) is 25.8 Å². The number of carbonyl (C=O) groups is 1. The van der Waals surface area contributed by atoms with Gasteiger partial charge in [0, 0.05) is 17.2 Å². The van der Waals surface area contributed by atoms with Gasteiger partial charge in [-0.05, 0) is 19.4 Å². The molecule has 0 saturated heterocycles. The summed E-state index contributed by atoms with van der Waals surface area (Å²) in [5, 5.41) is 12.1. The maximum Gasteiger partial charge on any atom is 0.306 e. The zero-order valence-corrected chi connectivity index (χ0v) is 12.1. The van der Waals surface area contributed by atoms with Crippen molar-refractivity contribution in [2.75, 3.05) is 6.54 Å². The van der Waals surface area contributed by atoms with E-state index in [1.165, 1.54) is 0 Å². The molecule has 3 N–H and O–H groups in total. The molecule has 0 aliphatic carbocycles. The lowest BCUT2D eigenvalue weighted by atomic mass is 9.93. The molecule has 18 heavy (non-hydrogen) atoms. The van der Waals surface area contributed by atoms with Gasteiger partial charge in [-0.25, -0.2) is 4.98 Å². The van der Waals surface area contributed by atoms with Crippen LogP contribution in [0.3, 0.4) is 0 Å². The van der Waals surface area contributed by atoms with E-state index >= 15 is 0 Å². The Kier molecular flexibility index (Phi) is 5.28. The number of hydrogen-bond donors (Lipinski definition) is 2. The Hall–Kier alpha value is -0.940. The maximum atomic E-state index is 11.1. The Morgan fingerprint density at radius 3 is 2.67 bits per heavy atom. The Morgan fingerprint density at radius 1 is 1.56 bits per heavy atom. The molecule has 1 aromatic rings. The number of hydrogen-bond acceptors (Lipinski definition) is 4. The van der Waals surface area contributed by atoms with Gasteiger partial charge in [-0.3, -0.25) is 4.79 Å². The minimum Gasteiger partial charge on any atom is -0.481 e. The van der Waals surface area contributed by atoms with Crippen LogP contribution < -0.4 is 5.73 Å². The fourth-order valence-corrected chi connectivity index (χ4v) is 2.74. The number of thiazole rings is 1. The average molecular weight is 270 g/mol. The van der Waals surface area contributed by atoms with E-state index in [9.17, 15) is 4.79 Å². The van der Waals surface area contributed by atoms with E-state index in [4.69, 9.17) is 10.8 Å². The summed E-state index contributed by atoms with van der Waals surface area (Å²) in [5.41, 5.74) is 6.48. The van der Waals surface area contributed by atoms with Crippen molar-refractivity contribution < 1.29 is 9.90 Å². The number of rotatable bonds is 6. The van der Waals surface area contributed by atoms with Gasteiger partial charge in [0.1, 0.15) is 0 Å². The summed E-state index contributed by atoms with van der Waals surface area (Å²) in [5.74, 6) is -1.12. The lowest BCUT2D eigenvalue weighted by molar-refractivity contribution is -0.141. The molecule has 0 fully saturated rings. The first-order valence-corrected chi connectivity index (χ1v) is 7.10. The van der Waals surface area contributed by atoms with E-state index in [1.807, 2.05) is 5.38 Å². The smallest absolute Gasteiger partial charge is 0.306 e. The molecule has 5 heteroatoms. The molecule has 0 aliphatic heterocycles. The third kappa shape index (κ3) is 4.38. The molecular formula is C13H22N2O2S. The van der Waals surface area contributed by atoms with Crippen LogP contribution in [0.15, 0.2) is 5.38 Å². The highest BCUT2D eigenvalue weighted by molar-refractivity contribution is 7.09. The van der Waals surface area contributed by atoms with Gasteiger partial charge in [-0.15, -0.1) is 11.3 Å². The van der Waals surface area contributed by atoms with E-state index < -0.39 is 5.97 Å². The standard InChI is InChI=1S/C13H22N2O2S/c1-13(2,3)10-8-18-11(15-10)7-9(12(16)17)5-4-6-14/h8-9H,4-7,14H2,1-3H3,(H,16,17). The summed E-state index contributed by atoms with van der Waals surface area (Å²) >= 11 is 1.55. The fourth-order valence-electron chi connectivity index (χ4n) is 1.64. The van der Waals surface area contributed by atoms with Crippen molar-refractivity contribution in [3.05, 3.63) is 16.1 Å². The SMILES string of the molecule is CC(C)(C)c1csc(CC(CCCN)C(=O)O)n1. The van der Waals surface area contributed by atoms with Crippen molar-refractivity contribution >= 4 is 17.3 Å². The first-order valence-electron chi connectivity index (χ1n) is 6.22. The Balaban J connectivity index is 2.69. The number of aromatic nitrogens is 1. The predicted octanol–water partition coefficient (Wildman–Crippen LogP) is 2.42. The third-order valence-electron chi connectivity index (χ3n) is 2.85. The lowest BCUT2D eigenvalue weighted by Gasteiger charge is -2.14. The molecule has 0 aliphatic rings. The van der Waals surface area contributed by atoms with Gasteiger partial charge >= 0.3 is 5.97 Å². The largest absolute Gasteiger partial charge is 0.481 e. The van der Waals surface area contributed by atoms with Crippen molar-refractivity contribution in [3.63, 3.8) is 0 Å². The molecule has 1 unspecified atom stereocenters. The molecule has 0 amide bonds. The molecule has 0 radical (unpaired) electrons. The van der Waals surface area contributed by atoms with Crippen LogP contribution >= 0.6 is 11.3 Å². The summed E-state index contributed by atoms with van der Waals surface area (Å²) in [6, 6.07) is 0. The molecule has 0 spiro atoms. The third-order valence-corrected chi connectivity index (χ3v) is 3.72. The number of nitrogens with two attached hydrogens (primary N) is 1. The van der Waals surface area contributed by atoms with Gasteiger partial charge in [0.05, 0.1) is 16.6 Å². The van der Waals surface area contributed by atoms with Crippen LogP contribution in [0, 0.1) is 5.92 Å². The average Bonchev–Trinajstić information content (AvgIpc) is 2.71. The van der Waals surface area contributed by atoms with Gasteiger partial charge in [0.15, 0.2) is 0 Å². The highest BCUT2D eigenvalue weighted by Gasteiger charge is 2.22. The molecule has 0 bridgehead atoms. The van der Waals surface area contributed by atoms with Crippen molar-refractivity contribution in [1.82, 2.24) is 4.98 Å². The second-order valence-corrected chi connectivity index (χ2v) is 6.49. The van der Waals surface area contributed by atoms with Crippen LogP contribution in [0.5, 0.6) is 0 Å². The first kappa shape index (κ1) is 15.1. The second-order valence-electron chi connectivity index (χ2n) is 5.55. The minimum absolute atomic E-state index is 0.0186. The van der Waals surface area contributed by atoms with Crippen molar-refractivity contribution in [3.8, 4) is 0 Å². The summed E-state index contributed by atoms with van der Waals surface area (Å²) in [6.07, 6.45) is 1.88. The van der Waals surface area contributed by atoms with Gasteiger partial charge in [-0.1, -0.05) is 20.8 Å². The van der Waals surface area contributed by atoms with Gasteiger partial charge in [0.25, 0.3) is 0 Å². The molecule has 1 aromatic heterocycles. The number of nitrogens with zero attached hydrogens (tertiary/aromatic N) is 1. The summed E-state index contributed by atoms with van der Waals surface area (Å²) in [4.78, 5) is 15.7. The second kappa shape index (κ2) is 6.29. The van der Waals surface area contributed by atoms with Crippen LogP contribution in [0.1, 0.15) is 44.3 Å². The highest BCUT2D eigenvalue weighted by Crippen LogP contribution is 2.25. The van der Waals surface area contributed by atoms with Gasteiger partial charge in [-0.2, -0.15) is 0 Å².